The Bertz CT molecular complexity index is 403. The largest absolute Gasteiger partial charge is 0.481 e. The molecule has 0 heterocycles. The van der Waals surface area contributed by atoms with Crippen molar-refractivity contribution in [2.24, 2.45) is 11.8 Å². The van der Waals surface area contributed by atoms with Crippen molar-refractivity contribution < 1.29 is 9.90 Å². The Morgan fingerprint density at radius 3 is 2.82 bits per heavy atom. The first-order valence-corrected chi connectivity index (χ1v) is 6.93. The van der Waals surface area contributed by atoms with Crippen molar-refractivity contribution in [3.05, 3.63) is 34.3 Å². The number of hydrogen-bond donors (Lipinski definition) is 1. The highest BCUT2D eigenvalue weighted by Crippen LogP contribution is 2.33. The predicted octanol–water partition coefficient (Wildman–Crippen LogP) is 3.88. The third kappa shape index (κ3) is 3.32. The molecule has 2 atom stereocenters. The number of hydrogen-bond acceptors (Lipinski definition) is 1. The minimum atomic E-state index is -0.621. The van der Waals surface area contributed by atoms with Gasteiger partial charge < -0.3 is 5.11 Å². The third-order valence-corrected chi connectivity index (χ3v) is 4.11. The highest BCUT2D eigenvalue weighted by molar-refractivity contribution is 9.10. The van der Waals surface area contributed by atoms with Gasteiger partial charge in [-0.25, -0.2) is 0 Å². The highest BCUT2D eigenvalue weighted by Gasteiger charge is 2.30. The molecule has 2 unspecified atom stereocenters. The van der Waals surface area contributed by atoms with Gasteiger partial charge in [-0.1, -0.05) is 40.9 Å². The molecule has 0 aromatic heterocycles. The van der Waals surface area contributed by atoms with E-state index in [4.69, 9.17) is 0 Å². The van der Waals surface area contributed by atoms with Crippen LogP contribution in [0, 0.1) is 11.8 Å². The molecule has 0 aliphatic heterocycles. The van der Waals surface area contributed by atoms with Crippen LogP contribution in [0.1, 0.15) is 31.2 Å². The number of benzene rings is 1. The summed E-state index contributed by atoms with van der Waals surface area (Å²) in [4.78, 5) is 11.2. The zero-order chi connectivity index (χ0) is 12.3. The van der Waals surface area contributed by atoms with E-state index in [-0.39, 0.29) is 5.92 Å². The summed E-state index contributed by atoms with van der Waals surface area (Å²) in [5, 5.41) is 9.23. The summed E-state index contributed by atoms with van der Waals surface area (Å²) >= 11 is 3.45. The maximum Gasteiger partial charge on any atom is 0.306 e. The van der Waals surface area contributed by atoms with E-state index in [1.54, 1.807) is 0 Å². The minimum Gasteiger partial charge on any atom is -0.481 e. The van der Waals surface area contributed by atoms with Gasteiger partial charge in [0.2, 0.25) is 0 Å². The highest BCUT2D eigenvalue weighted by atomic mass is 79.9. The first-order valence-electron chi connectivity index (χ1n) is 6.14. The average Bonchev–Trinajstić information content (AvgIpc) is 2.29. The Hall–Kier alpha value is -0.830. The second-order valence-electron chi connectivity index (χ2n) is 4.82. The standard InChI is InChI=1S/C14H17BrO2/c15-12-6-3-4-10(9-12)8-11-5-1-2-7-13(11)14(16)17/h3-4,6,9,11,13H,1-2,5,7-8H2,(H,16,17). The zero-order valence-electron chi connectivity index (χ0n) is 9.73. The summed E-state index contributed by atoms with van der Waals surface area (Å²) in [5.41, 5.74) is 1.23. The van der Waals surface area contributed by atoms with Crippen molar-refractivity contribution in [2.45, 2.75) is 32.1 Å². The molecule has 1 aromatic rings. The Morgan fingerprint density at radius 1 is 1.35 bits per heavy atom. The fourth-order valence-corrected chi connectivity index (χ4v) is 3.19. The van der Waals surface area contributed by atoms with Gasteiger partial charge in [0.25, 0.3) is 0 Å². The second kappa shape index (κ2) is 5.67. The molecule has 2 rings (SSSR count). The quantitative estimate of drug-likeness (QED) is 0.919. The summed E-state index contributed by atoms with van der Waals surface area (Å²) in [6.07, 6.45) is 5.00. The van der Waals surface area contributed by atoms with Crippen LogP contribution in [0.3, 0.4) is 0 Å². The molecule has 3 heteroatoms. The van der Waals surface area contributed by atoms with Crippen LogP contribution in [0.5, 0.6) is 0 Å². The normalized spacial score (nSPS) is 24.5. The molecule has 1 aromatic carbocycles. The van der Waals surface area contributed by atoms with E-state index in [9.17, 15) is 9.90 Å². The first-order chi connectivity index (χ1) is 8.16. The summed E-state index contributed by atoms with van der Waals surface area (Å²) in [7, 11) is 0. The van der Waals surface area contributed by atoms with Crippen molar-refractivity contribution >= 4 is 21.9 Å². The van der Waals surface area contributed by atoms with E-state index in [0.717, 1.165) is 30.2 Å². The summed E-state index contributed by atoms with van der Waals surface area (Å²) in [6, 6.07) is 8.18. The van der Waals surface area contributed by atoms with Gasteiger partial charge in [0.1, 0.15) is 0 Å². The van der Waals surface area contributed by atoms with Crippen LogP contribution < -0.4 is 0 Å². The van der Waals surface area contributed by atoms with Crippen LogP contribution in [0.25, 0.3) is 0 Å². The van der Waals surface area contributed by atoms with Gasteiger partial charge in [-0.05, 0) is 42.9 Å². The van der Waals surface area contributed by atoms with E-state index in [1.807, 2.05) is 12.1 Å². The van der Waals surface area contributed by atoms with Crippen LogP contribution in [0.2, 0.25) is 0 Å². The number of carboxylic acids is 1. The van der Waals surface area contributed by atoms with Crippen molar-refractivity contribution in [1.82, 2.24) is 0 Å². The number of aliphatic carboxylic acids is 1. The molecule has 1 N–H and O–H groups in total. The zero-order valence-corrected chi connectivity index (χ0v) is 11.3. The number of carboxylic acid groups (broad SMARTS) is 1. The number of carbonyl (C=O) groups is 1. The summed E-state index contributed by atoms with van der Waals surface area (Å²) in [6.45, 7) is 0. The van der Waals surface area contributed by atoms with Gasteiger partial charge in [0.05, 0.1) is 5.92 Å². The molecule has 1 saturated carbocycles. The van der Waals surface area contributed by atoms with E-state index in [1.165, 1.54) is 12.0 Å². The number of rotatable bonds is 3. The Balaban J connectivity index is 2.08. The van der Waals surface area contributed by atoms with E-state index in [0.29, 0.717) is 5.92 Å². The van der Waals surface area contributed by atoms with Crippen molar-refractivity contribution in [3.8, 4) is 0 Å². The van der Waals surface area contributed by atoms with E-state index >= 15 is 0 Å². The predicted molar refractivity (Wildman–Crippen MR) is 70.9 cm³/mol. The fourth-order valence-electron chi connectivity index (χ4n) is 2.74. The Kier molecular flexibility index (Phi) is 4.21. The van der Waals surface area contributed by atoms with Crippen LogP contribution >= 0.6 is 15.9 Å². The van der Waals surface area contributed by atoms with Gasteiger partial charge in [-0.15, -0.1) is 0 Å². The molecule has 0 spiro atoms. The van der Waals surface area contributed by atoms with Crippen LogP contribution in [-0.2, 0) is 11.2 Å². The summed E-state index contributed by atoms with van der Waals surface area (Å²) in [5.74, 6) is -0.469. The monoisotopic (exact) mass is 296 g/mol. The molecule has 0 amide bonds. The van der Waals surface area contributed by atoms with Gasteiger partial charge in [0.15, 0.2) is 0 Å². The van der Waals surface area contributed by atoms with Crippen molar-refractivity contribution in [2.75, 3.05) is 0 Å². The van der Waals surface area contributed by atoms with Crippen LogP contribution in [0.15, 0.2) is 28.7 Å². The molecule has 0 radical (unpaired) electrons. The lowest BCUT2D eigenvalue weighted by Crippen LogP contribution is -2.28. The third-order valence-electron chi connectivity index (χ3n) is 3.61. The smallest absolute Gasteiger partial charge is 0.306 e. The minimum absolute atomic E-state index is 0.150. The second-order valence-corrected chi connectivity index (χ2v) is 5.74. The Labute approximate surface area is 110 Å². The molecule has 1 fully saturated rings. The maximum atomic E-state index is 11.2. The molecular formula is C14H17BrO2. The molecule has 1 aliphatic carbocycles. The molecular weight excluding hydrogens is 280 g/mol. The van der Waals surface area contributed by atoms with Gasteiger partial charge in [-0.2, -0.15) is 0 Å². The van der Waals surface area contributed by atoms with E-state index in [2.05, 4.69) is 28.1 Å². The molecule has 2 nitrogen and oxygen atoms in total. The molecule has 0 bridgehead atoms. The van der Waals surface area contributed by atoms with Gasteiger partial charge >= 0.3 is 5.97 Å². The van der Waals surface area contributed by atoms with Crippen LogP contribution in [0.4, 0.5) is 0 Å². The lowest BCUT2D eigenvalue weighted by molar-refractivity contribution is -0.144. The lowest BCUT2D eigenvalue weighted by atomic mass is 9.76. The SMILES string of the molecule is O=C(O)C1CCCCC1Cc1cccc(Br)c1. The molecule has 1 aliphatic rings. The maximum absolute atomic E-state index is 11.2. The molecule has 92 valence electrons. The molecule has 0 saturated heterocycles. The van der Waals surface area contributed by atoms with Crippen molar-refractivity contribution in [3.63, 3.8) is 0 Å². The summed E-state index contributed by atoms with van der Waals surface area (Å²) < 4.78 is 1.07. The molecule has 17 heavy (non-hydrogen) atoms. The Morgan fingerprint density at radius 2 is 2.12 bits per heavy atom. The van der Waals surface area contributed by atoms with Crippen LogP contribution in [-0.4, -0.2) is 11.1 Å². The van der Waals surface area contributed by atoms with Gasteiger partial charge in [0, 0.05) is 4.47 Å². The lowest BCUT2D eigenvalue weighted by Gasteiger charge is -2.28. The average molecular weight is 297 g/mol. The fraction of sp³-hybridized carbons (Fsp3) is 0.500. The van der Waals surface area contributed by atoms with Gasteiger partial charge in [-0.3, -0.25) is 4.79 Å². The number of halogens is 1. The van der Waals surface area contributed by atoms with E-state index < -0.39 is 5.97 Å². The first kappa shape index (κ1) is 12.6. The topological polar surface area (TPSA) is 37.3 Å². The van der Waals surface area contributed by atoms with Crippen molar-refractivity contribution in [1.29, 1.82) is 0 Å².